The minimum absolute atomic E-state index is 0.505. The zero-order valence-corrected chi connectivity index (χ0v) is 21.8. The molecule has 1 aliphatic heterocycles. The summed E-state index contributed by atoms with van der Waals surface area (Å²) in [5.41, 5.74) is 4.36. The van der Waals surface area contributed by atoms with Gasteiger partial charge in [0.15, 0.2) is 11.5 Å². The normalized spacial score (nSPS) is 15.9. The first-order valence-corrected chi connectivity index (χ1v) is 13.6. The highest BCUT2D eigenvalue weighted by atomic mass is 16.5. The predicted octanol–water partition coefficient (Wildman–Crippen LogP) is 5.89. The Balaban J connectivity index is 1.17. The van der Waals surface area contributed by atoms with Gasteiger partial charge in [-0.3, -0.25) is 4.98 Å². The van der Waals surface area contributed by atoms with Crippen molar-refractivity contribution in [3.05, 3.63) is 54.0 Å². The third-order valence-electron chi connectivity index (χ3n) is 7.09. The number of ether oxygens (including phenoxy) is 2. The van der Waals surface area contributed by atoms with E-state index in [4.69, 9.17) is 14.5 Å². The molecule has 0 bridgehead atoms. The van der Waals surface area contributed by atoms with Crippen molar-refractivity contribution in [1.29, 1.82) is 0 Å². The number of aromatic nitrogens is 3. The Kier molecular flexibility index (Phi) is 8.69. The van der Waals surface area contributed by atoms with Gasteiger partial charge in [0.1, 0.15) is 5.82 Å². The van der Waals surface area contributed by atoms with Crippen molar-refractivity contribution in [3.63, 3.8) is 0 Å². The van der Waals surface area contributed by atoms with E-state index in [9.17, 15) is 0 Å². The average molecular weight is 503 g/mol. The molecule has 2 aliphatic rings. The number of likely N-dealkylation sites (tertiary alicyclic amines) is 1. The summed E-state index contributed by atoms with van der Waals surface area (Å²) in [5.74, 6) is 2.66. The summed E-state index contributed by atoms with van der Waals surface area (Å²) in [5, 5.41) is 6.66. The van der Waals surface area contributed by atoms with Crippen molar-refractivity contribution >= 4 is 23.1 Å². The van der Waals surface area contributed by atoms with Crippen LogP contribution in [0.4, 0.5) is 23.1 Å². The summed E-state index contributed by atoms with van der Waals surface area (Å²) in [7, 11) is 1.66. The van der Waals surface area contributed by atoms with Crippen molar-refractivity contribution in [3.8, 4) is 11.5 Å². The highest BCUT2D eigenvalue weighted by Gasteiger charge is 2.12. The number of methoxy groups -OCH3 is 1. The lowest BCUT2D eigenvalue weighted by Gasteiger charge is -2.26. The highest BCUT2D eigenvalue weighted by molar-refractivity contribution is 5.62. The SMILES string of the molecule is COc1cc(Nc2nccc(Nc3cnc4c(c3)CCCCC4)n2)ccc1OCCCN1CCCCC1. The van der Waals surface area contributed by atoms with E-state index in [2.05, 4.69) is 31.6 Å². The van der Waals surface area contributed by atoms with E-state index in [1.54, 1.807) is 13.3 Å². The summed E-state index contributed by atoms with van der Waals surface area (Å²) in [6.45, 7) is 4.19. The summed E-state index contributed by atoms with van der Waals surface area (Å²) < 4.78 is 11.6. The Labute approximate surface area is 219 Å². The second-order valence-electron chi connectivity index (χ2n) is 9.88. The Morgan fingerprint density at radius 3 is 2.62 bits per heavy atom. The molecule has 37 heavy (non-hydrogen) atoms. The van der Waals surface area contributed by atoms with Crippen molar-refractivity contribution in [2.24, 2.45) is 0 Å². The third-order valence-corrected chi connectivity index (χ3v) is 7.09. The molecule has 1 fully saturated rings. The maximum atomic E-state index is 6.03. The minimum Gasteiger partial charge on any atom is -0.493 e. The van der Waals surface area contributed by atoms with E-state index < -0.39 is 0 Å². The van der Waals surface area contributed by atoms with Crippen LogP contribution in [0.2, 0.25) is 0 Å². The molecule has 5 rings (SSSR count). The molecule has 196 valence electrons. The van der Waals surface area contributed by atoms with Crippen LogP contribution in [-0.2, 0) is 12.8 Å². The number of hydrogen-bond acceptors (Lipinski definition) is 8. The van der Waals surface area contributed by atoms with Gasteiger partial charge >= 0.3 is 0 Å². The number of benzene rings is 1. The summed E-state index contributed by atoms with van der Waals surface area (Å²) in [4.78, 5) is 16.3. The fourth-order valence-corrected chi connectivity index (χ4v) is 5.12. The number of aryl methyl sites for hydroxylation is 2. The third kappa shape index (κ3) is 7.10. The first-order chi connectivity index (χ1) is 18.3. The fraction of sp³-hybridized carbons (Fsp3) is 0.483. The first kappa shape index (κ1) is 25.3. The molecule has 0 unspecified atom stereocenters. The van der Waals surface area contributed by atoms with Gasteiger partial charge in [0.05, 0.1) is 25.6 Å². The lowest BCUT2D eigenvalue weighted by atomic mass is 10.1. The molecule has 1 aliphatic carbocycles. The molecule has 0 radical (unpaired) electrons. The molecule has 1 aromatic carbocycles. The molecule has 1 saturated heterocycles. The predicted molar refractivity (Wildman–Crippen MR) is 147 cm³/mol. The van der Waals surface area contributed by atoms with Gasteiger partial charge in [-0.2, -0.15) is 4.98 Å². The number of fused-ring (bicyclic) bond motifs is 1. The molecule has 0 amide bonds. The Bertz CT molecular complexity index is 1160. The topological polar surface area (TPSA) is 84.4 Å². The van der Waals surface area contributed by atoms with Crippen LogP contribution in [0.5, 0.6) is 11.5 Å². The first-order valence-electron chi connectivity index (χ1n) is 13.6. The monoisotopic (exact) mass is 502 g/mol. The van der Waals surface area contributed by atoms with Crippen LogP contribution < -0.4 is 20.1 Å². The lowest BCUT2D eigenvalue weighted by molar-refractivity contribution is 0.203. The van der Waals surface area contributed by atoms with Gasteiger partial charge < -0.3 is 25.0 Å². The summed E-state index contributed by atoms with van der Waals surface area (Å²) in [6.07, 6.45) is 14.5. The van der Waals surface area contributed by atoms with Gasteiger partial charge in [0.2, 0.25) is 5.95 Å². The van der Waals surface area contributed by atoms with Gasteiger partial charge in [0, 0.05) is 30.2 Å². The average Bonchev–Trinajstić information content (AvgIpc) is 3.17. The van der Waals surface area contributed by atoms with E-state index >= 15 is 0 Å². The molecule has 3 heterocycles. The molecule has 8 nitrogen and oxygen atoms in total. The molecule has 3 aromatic rings. The van der Waals surface area contributed by atoms with Crippen LogP contribution in [0.1, 0.15) is 56.2 Å². The molecule has 0 saturated carbocycles. The lowest BCUT2D eigenvalue weighted by Crippen LogP contribution is -2.31. The second-order valence-corrected chi connectivity index (χ2v) is 9.88. The van der Waals surface area contributed by atoms with Crippen LogP contribution in [0.25, 0.3) is 0 Å². The largest absolute Gasteiger partial charge is 0.493 e. The number of piperidine rings is 1. The number of nitrogens with zero attached hydrogens (tertiary/aromatic N) is 4. The molecule has 2 N–H and O–H groups in total. The van der Waals surface area contributed by atoms with Crippen molar-refractivity contribution in [2.45, 2.75) is 57.8 Å². The number of hydrogen-bond donors (Lipinski definition) is 2. The van der Waals surface area contributed by atoms with E-state index in [1.165, 1.54) is 62.9 Å². The molecule has 0 atom stereocenters. The molecule has 0 spiro atoms. The summed E-state index contributed by atoms with van der Waals surface area (Å²) >= 11 is 0. The fourth-order valence-electron chi connectivity index (χ4n) is 5.12. The van der Waals surface area contributed by atoms with E-state index in [-0.39, 0.29) is 0 Å². The van der Waals surface area contributed by atoms with Crippen LogP contribution in [0, 0.1) is 0 Å². The smallest absolute Gasteiger partial charge is 0.229 e. The van der Waals surface area contributed by atoms with E-state index in [0.717, 1.165) is 42.9 Å². The molecular formula is C29H38N6O2. The van der Waals surface area contributed by atoms with Gasteiger partial charge in [-0.25, -0.2) is 4.98 Å². The number of pyridine rings is 1. The van der Waals surface area contributed by atoms with Gasteiger partial charge in [0.25, 0.3) is 0 Å². The number of nitrogens with one attached hydrogen (secondary N) is 2. The molecule has 8 heteroatoms. The maximum absolute atomic E-state index is 6.03. The Hall–Kier alpha value is -3.39. The summed E-state index contributed by atoms with van der Waals surface area (Å²) in [6, 6.07) is 9.88. The second kappa shape index (κ2) is 12.7. The zero-order valence-electron chi connectivity index (χ0n) is 21.8. The van der Waals surface area contributed by atoms with Crippen LogP contribution in [0.3, 0.4) is 0 Å². The van der Waals surface area contributed by atoms with Gasteiger partial charge in [-0.1, -0.05) is 12.8 Å². The van der Waals surface area contributed by atoms with Crippen LogP contribution in [-0.4, -0.2) is 53.2 Å². The zero-order chi connectivity index (χ0) is 25.3. The quantitative estimate of drug-likeness (QED) is 0.262. The van der Waals surface area contributed by atoms with Gasteiger partial charge in [-0.05, 0) is 87.9 Å². The van der Waals surface area contributed by atoms with Crippen molar-refractivity contribution in [1.82, 2.24) is 19.9 Å². The Morgan fingerprint density at radius 1 is 0.865 bits per heavy atom. The van der Waals surface area contributed by atoms with Crippen LogP contribution >= 0.6 is 0 Å². The molecular weight excluding hydrogens is 464 g/mol. The van der Waals surface area contributed by atoms with E-state index in [1.807, 2.05) is 30.5 Å². The minimum atomic E-state index is 0.505. The van der Waals surface area contributed by atoms with E-state index in [0.29, 0.717) is 24.1 Å². The molecule has 2 aromatic heterocycles. The van der Waals surface area contributed by atoms with Crippen molar-refractivity contribution in [2.75, 3.05) is 44.0 Å². The highest BCUT2D eigenvalue weighted by Crippen LogP contribution is 2.31. The van der Waals surface area contributed by atoms with Crippen LogP contribution in [0.15, 0.2) is 42.7 Å². The Morgan fingerprint density at radius 2 is 1.73 bits per heavy atom. The number of anilines is 4. The number of rotatable bonds is 10. The van der Waals surface area contributed by atoms with Gasteiger partial charge in [-0.15, -0.1) is 0 Å². The maximum Gasteiger partial charge on any atom is 0.229 e. The van der Waals surface area contributed by atoms with Crippen molar-refractivity contribution < 1.29 is 9.47 Å². The standard InChI is InChI=1S/C29H38N6O2/c1-36-27-20-23(11-12-26(27)37-18-8-17-35-15-6-3-7-16-35)33-29-30-14-13-28(34-29)32-24-19-22-9-4-2-5-10-25(22)31-21-24/h11-14,19-21H,2-10,15-18H2,1H3,(H2,30,32,33,34).